The van der Waals surface area contributed by atoms with Crippen molar-refractivity contribution in [2.45, 2.75) is 26.2 Å². The van der Waals surface area contributed by atoms with E-state index >= 15 is 0 Å². The van der Waals surface area contributed by atoms with Crippen molar-refractivity contribution in [3.63, 3.8) is 0 Å². The Bertz CT molecular complexity index is 1030. The second-order valence-electron chi connectivity index (χ2n) is 7.02. The molecule has 0 amide bonds. The molecule has 7 heteroatoms. The number of nitrogens with zero attached hydrogens (tertiary/aromatic N) is 5. The number of aryl methyl sites for hydroxylation is 3. The van der Waals surface area contributed by atoms with E-state index in [9.17, 15) is 4.79 Å². The fourth-order valence-corrected chi connectivity index (χ4v) is 3.05. The summed E-state index contributed by atoms with van der Waals surface area (Å²) >= 11 is 0. The van der Waals surface area contributed by atoms with Crippen LogP contribution in [0, 0.1) is 19.8 Å². The van der Waals surface area contributed by atoms with E-state index in [-0.39, 0.29) is 5.56 Å². The van der Waals surface area contributed by atoms with Crippen molar-refractivity contribution in [2.75, 3.05) is 6.61 Å². The number of rotatable bonds is 5. The molecule has 4 rings (SSSR count). The molecule has 27 heavy (non-hydrogen) atoms. The molecule has 1 fully saturated rings. The second kappa shape index (κ2) is 6.90. The van der Waals surface area contributed by atoms with Gasteiger partial charge >= 0.3 is 0 Å². The lowest BCUT2D eigenvalue weighted by atomic mass is 10.1. The van der Waals surface area contributed by atoms with Gasteiger partial charge in [0.05, 0.1) is 18.4 Å². The van der Waals surface area contributed by atoms with Crippen LogP contribution in [0.25, 0.3) is 11.1 Å². The Kier molecular flexibility index (Phi) is 4.43. The lowest BCUT2D eigenvalue weighted by molar-refractivity contribution is 0.285. The Hall–Kier alpha value is -3.09. The fourth-order valence-electron chi connectivity index (χ4n) is 3.05. The highest BCUT2D eigenvalue weighted by atomic mass is 16.5. The van der Waals surface area contributed by atoms with Gasteiger partial charge in [-0.05, 0) is 31.9 Å². The Balaban J connectivity index is 1.51. The molecular formula is C20H21N5O2. The van der Waals surface area contributed by atoms with Crippen molar-refractivity contribution in [1.29, 1.82) is 0 Å². The smallest absolute Gasteiger partial charge is 0.267 e. The zero-order valence-corrected chi connectivity index (χ0v) is 15.6. The quantitative estimate of drug-likeness (QED) is 0.692. The zero-order chi connectivity index (χ0) is 19.0. The Morgan fingerprint density at radius 1 is 1.19 bits per heavy atom. The molecule has 0 N–H and O–H groups in total. The van der Waals surface area contributed by atoms with Gasteiger partial charge in [0.1, 0.15) is 5.82 Å². The molecule has 7 nitrogen and oxygen atoms in total. The van der Waals surface area contributed by atoms with Gasteiger partial charge in [0.15, 0.2) is 0 Å². The van der Waals surface area contributed by atoms with E-state index in [0.717, 1.165) is 17.7 Å². The van der Waals surface area contributed by atoms with Crippen molar-refractivity contribution in [3.05, 3.63) is 64.2 Å². The van der Waals surface area contributed by atoms with Crippen LogP contribution >= 0.6 is 0 Å². The lowest BCUT2D eigenvalue weighted by Crippen LogP contribution is -2.18. The Morgan fingerprint density at radius 3 is 2.78 bits per heavy atom. The van der Waals surface area contributed by atoms with Gasteiger partial charge in [0.25, 0.3) is 5.56 Å². The minimum atomic E-state index is -0.188. The molecule has 3 heterocycles. The molecule has 1 saturated carbocycles. The van der Waals surface area contributed by atoms with Crippen molar-refractivity contribution in [3.8, 4) is 17.0 Å². The van der Waals surface area contributed by atoms with Crippen LogP contribution in [0.3, 0.4) is 0 Å². The van der Waals surface area contributed by atoms with Gasteiger partial charge in [-0.1, -0.05) is 6.07 Å². The molecule has 3 aromatic rings. The average molecular weight is 363 g/mol. The van der Waals surface area contributed by atoms with E-state index in [4.69, 9.17) is 4.74 Å². The zero-order valence-electron chi connectivity index (χ0n) is 15.6. The monoisotopic (exact) mass is 363 g/mol. The highest BCUT2D eigenvalue weighted by molar-refractivity contribution is 5.66. The molecule has 1 aliphatic rings. The molecule has 0 saturated heterocycles. The molecule has 0 aliphatic heterocycles. The van der Waals surface area contributed by atoms with Gasteiger partial charge in [-0.15, -0.1) is 0 Å². The van der Waals surface area contributed by atoms with Gasteiger partial charge in [-0.2, -0.15) is 10.1 Å². The molecule has 0 bridgehead atoms. The van der Waals surface area contributed by atoms with E-state index in [2.05, 4.69) is 32.2 Å². The Labute approximate surface area is 157 Å². The standard InChI is InChI=1S/C20H21N5O2/c1-12-4-5-18(22-8-12)16-6-15(16)11-27-20-17(10-21-13(2)24-20)14-7-19(26)25(3)23-9-14/h4-5,7-10,15-16H,6,11H2,1-3H3/t15-,16+/m1/s1. The van der Waals surface area contributed by atoms with Crippen LogP contribution in [0.5, 0.6) is 5.88 Å². The first-order valence-electron chi connectivity index (χ1n) is 8.94. The Morgan fingerprint density at radius 2 is 2.04 bits per heavy atom. The SMILES string of the molecule is Cc1ccc([C@H]2C[C@@H]2COc2nc(C)ncc2-c2cnn(C)c(=O)c2)nc1. The molecule has 2 atom stereocenters. The van der Waals surface area contributed by atoms with Crippen LogP contribution in [-0.2, 0) is 7.05 Å². The number of pyridine rings is 1. The predicted octanol–water partition coefficient (Wildman–Crippen LogP) is 2.43. The minimum Gasteiger partial charge on any atom is -0.477 e. The first kappa shape index (κ1) is 17.3. The summed E-state index contributed by atoms with van der Waals surface area (Å²) in [5.74, 6) is 1.96. The highest BCUT2D eigenvalue weighted by Gasteiger charge is 2.40. The topological polar surface area (TPSA) is 82.8 Å². The maximum Gasteiger partial charge on any atom is 0.267 e. The average Bonchev–Trinajstić information content (AvgIpc) is 3.43. The number of aromatic nitrogens is 5. The van der Waals surface area contributed by atoms with Gasteiger partial charge in [-0.3, -0.25) is 9.78 Å². The molecule has 3 aromatic heterocycles. The van der Waals surface area contributed by atoms with E-state index in [1.165, 1.54) is 10.7 Å². The van der Waals surface area contributed by atoms with Crippen LogP contribution in [0.15, 0.2) is 41.6 Å². The third-order valence-corrected chi connectivity index (χ3v) is 4.82. The predicted molar refractivity (Wildman–Crippen MR) is 101 cm³/mol. The summed E-state index contributed by atoms with van der Waals surface area (Å²) in [5.41, 5.74) is 3.42. The summed E-state index contributed by atoms with van der Waals surface area (Å²) in [6, 6.07) is 5.70. The van der Waals surface area contributed by atoms with Gasteiger partial charge in [0, 0.05) is 48.6 Å². The first-order chi connectivity index (χ1) is 13.0. The molecule has 0 radical (unpaired) electrons. The van der Waals surface area contributed by atoms with E-state index < -0.39 is 0 Å². The largest absolute Gasteiger partial charge is 0.477 e. The minimum absolute atomic E-state index is 0.188. The summed E-state index contributed by atoms with van der Waals surface area (Å²) in [4.78, 5) is 25.1. The maximum atomic E-state index is 11.9. The molecule has 0 spiro atoms. The number of ether oxygens (including phenoxy) is 1. The lowest BCUT2D eigenvalue weighted by Gasteiger charge is -2.11. The summed E-state index contributed by atoms with van der Waals surface area (Å²) in [6.07, 6.45) is 6.27. The molecule has 0 aromatic carbocycles. The van der Waals surface area contributed by atoms with Crippen LogP contribution in [0.1, 0.15) is 29.4 Å². The molecule has 1 aliphatic carbocycles. The first-order valence-corrected chi connectivity index (χ1v) is 8.94. The van der Waals surface area contributed by atoms with Crippen LogP contribution in [-0.4, -0.2) is 31.3 Å². The molecular weight excluding hydrogens is 342 g/mol. The third-order valence-electron chi connectivity index (χ3n) is 4.82. The van der Waals surface area contributed by atoms with E-state index in [1.807, 2.05) is 20.0 Å². The molecule has 0 unspecified atom stereocenters. The van der Waals surface area contributed by atoms with Gasteiger partial charge in [-0.25, -0.2) is 9.67 Å². The maximum absolute atomic E-state index is 11.9. The summed E-state index contributed by atoms with van der Waals surface area (Å²) in [5, 5.41) is 4.07. The molecule has 138 valence electrons. The summed E-state index contributed by atoms with van der Waals surface area (Å²) in [7, 11) is 1.61. The van der Waals surface area contributed by atoms with Crippen LogP contribution in [0.2, 0.25) is 0 Å². The normalized spacial score (nSPS) is 18.3. The number of hydrogen-bond donors (Lipinski definition) is 0. The number of hydrogen-bond acceptors (Lipinski definition) is 6. The van der Waals surface area contributed by atoms with Crippen molar-refractivity contribution >= 4 is 0 Å². The third kappa shape index (κ3) is 3.72. The highest BCUT2D eigenvalue weighted by Crippen LogP contribution is 2.46. The summed E-state index contributed by atoms with van der Waals surface area (Å²) < 4.78 is 7.31. The van der Waals surface area contributed by atoms with Crippen LogP contribution in [0.4, 0.5) is 0 Å². The van der Waals surface area contributed by atoms with E-state index in [1.54, 1.807) is 19.4 Å². The van der Waals surface area contributed by atoms with Crippen molar-refractivity contribution in [1.82, 2.24) is 24.7 Å². The van der Waals surface area contributed by atoms with Crippen molar-refractivity contribution in [2.24, 2.45) is 13.0 Å². The fraction of sp³-hybridized carbons (Fsp3) is 0.350. The second-order valence-corrected chi connectivity index (χ2v) is 7.02. The van der Waals surface area contributed by atoms with E-state index in [0.29, 0.717) is 41.3 Å². The summed E-state index contributed by atoms with van der Waals surface area (Å²) in [6.45, 7) is 4.41. The van der Waals surface area contributed by atoms with Gasteiger partial charge in [0.2, 0.25) is 5.88 Å². The van der Waals surface area contributed by atoms with Crippen LogP contribution < -0.4 is 10.3 Å². The van der Waals surface area contributed by atoms with Crippen molar-refractivity contribution < 1.29 is 4.74 Å². The van der Waals surface area contributed by atoms with Gasteiger partial charge < -0.3 is 4.74 Å².